The van der Waals surface area contributed by atoms with Crippen molar-refractivity contribution in [2.24, 2.45) is 0 Å². The van der Waals surface area contributed by atoms with Crippen molar-refractivity contribution in [3.05, 3.63) is 138 Å². The van der Waals surface area contributed by atoms with Gasteiger partial charge in [0.1, 0.15) is 12.4 Å². The molecule has 0 bridgehead atoms. The second-order valence-corrected chi connectivity index (χ2v) is 9.66. The van der Waals surface area contributed by atoms with E-state index < -0.39 is 0 Å². The molecule has 0 radical (unpaired) electrons. The molecule has 41 heavy (non-hydrogen) atoms. The molecule has 4 rings (SSSR count). The van der Waals surface area contributed by atoms with Gasteiger partial charge in [0.2, 0.25) is 5.91 Å². The number of amides is 1. The maximum atomic E-state index is 11.8. The van der Waals surface area contributed by atoms with Crippen LogP contribution in [0.15, 0.2) is 115 Å². The van der Waals surface area contributed by atoms with Gasteiger partial charge in [-0.2, -0.15) is 0 Å². The van der Waals surface area contributed by atoms with Crippen molar-refractivity contribution in [1.29, 1.82) is 0 Å². The number of aryl methyl sites for hydroxylation is 2. The Morgan fingerprint density at radius 2 is 1.32 bits per heavy atom. The van der Waals surface area contributed by atoms with E-state index in [0.717, 1.165) is 36.4 Å². The monoisotopic (exact) mass is 550 g/mol. The van der Waals surface area contributed by atoms with E-state index in [1.54, 1.807) is 6.08 Å². The largest absolute Gasteiger partial charge is 0.489 e. The molecule has 0 aromatic heterocycles. The smallest absolute Gasteiger partial charge is 0.248 e. The topological polar surface area (TPSA) is 50.4 Å². The molecule has 4 aromatic carbocycles. The lowest BCUT2D eigenvalue weighted by atomic mass is 10.1. The number of benzene rings is 4. The first-order valence-electron chi connectivity index (χ1n) is 14.2. The number of nitrogens with one attached hydrogen (secondary N) is 2. The molecule has 0 atom stereocenters. The zero-order chi connectivity index (χ0) is 28.3. The van der Waals surface area contributed by atoms with Gasteiger partial charge in [-0.05, 0) is 91.9 Å². The number of carbonyl (C=O) groups is 1. The molecule has 0 fully saturated rings. The Labute approximate surface area is 247 Å². The lowest BCUT2D eigenvalue weighted by Gasteiger charge is -2.07. The van der Waals surface area contributed by atoms with Crippen molar-refractivity contribution in [1.82, 2.24) is 5.32 Å². The van der Waals surface area contributed by atoms with Crippen LogP contribution in [0, 0.1) is 0 Å². The van der Waals surface area contributed by atoms with Crippen LogP contribution < -0.4 is 15.4 Å². The van der Waals surface area contributed by atoms with Crippen molar-refractivity contribution in [3.63, 3.8) is 0 Å². The van der Waals surface area contributed by atoms with Crippen LogP contribution in [0.4, 0.5) is 5.69 Å². The van der Waals surface area contributed by atoms with Crippen molar-refractivity contribution in [2.75, 3.05) is 18.9 Å². The number of hydrogen-bond donors (Lipinski definition) is 2. The molecule has 0 heterocycles. The van der Waals surface area contributed by atoms with Gasteiger partial charge in [-0.15, -0.1) is 0 Å². The van der Waals surface area contributed by atoms with Gasteiger partial charge in [-0.1, -0.05) is 106 Å². The summed E-state index contributed by atoms with van der Waals surface area (Å²) in [5, 5.41) is 6.03. The molecule has 0 unspecified atom stereocenters. The predicted octanol–water partition coefficient (Wildman–Crippen LogP) is 8.73. The number of anilines is 1. The third kappa shape index (κ3) is 13.7. The van der Waals surface area contributed by atoms with E-state index >= 15 is 0 Å². The van der Waals surface area contributed by atoms with Crippen LogP contribution >= 0.6 is 0 Å². The maximum absolute atomic E-state index is 11.8. The van der Waals surface area contributed by atoms with Gasteiger partial charge in [0.05, 0.1) is 0 Å². The summed E-state index contributed by atoms with van der Waals surface area (Å²) in [6.07, 6.45) is 9.14. The van der Waals surface area contributed by atoms with Crippen LogP contribution in [0.5, 0.6) is 5.75 Å². The highest BCUT2D eigenvalue weighted by atomic mass is 16.5. The third-order valence-electron chi connectivity index (χ3n) is 6.33. The predicted molar refractivity (Wildman–Crippen MR) is 175 cm³/mol. The van der Waals surface area contributed by atoms with Crippen molar-refractivity contribution in [2.45, 2.75) is 53.1 Å². The van der Waals surface area contributed by atoms with Gasteiger partial charge < -0.3 is 15.4 Å². The Hall–Kier alpha value is -4.15. The summed E-state index contributed by atoms with van der Waals surface area (Å²) in [5.41, 5.74) is 5.72. The van der Waals surface area contributed by atoms with Gasteiger partial charge in [-0.3, -0.25) is 4.79 Å². The van der Waals surface area contributed by atoms with Crippen molar-refractivity contribution in [3.8, 4) is 5.75 Å². The second kappa shape index (κ2) is 19.8. The molecule has 0 saturated heterocycles. The van der Waals surface area contributed by atoms with Gasteiger partial charge in [-0.25, -0.2) is 0 Å². The average Bonchev–Trinajstić information content (AvgIpc) is 3.01. The molecule has 0 spiro atoms. The number of carbonyl (C=O) groups excluding carboxylic acids is 1. The van der Waals surface area contributed by atoms with Gasteiger partial charge >= 0.3 is 0 Å². The van der Waals surface area contributed by atoms with Gasteiger partial charge in [0.15, 0.2) is 0 Å². The maximum Gasteiger partial charge on any atom is 0.248 e. The zero-order valence-electron chi connectivity index (χ0n) is 23.8. The number of unbranched alkanes of at least 4 members (excludes halogenated alkanes) is 1. The molecule has 4 nitrogen and oxygen atoms in total. The van der Waals surface area contributed by atoms with E-state index in [-0.39, 0.29) is 13.3 Å². The zero-order valence-corrected chi connectivity index (χ0v) is 23.8. The van der Waals surface area contributed by atoms with Crippen LogP contribution in [0.3, 0.4) is 0 Å². The Balaban J connectivity index is 0.000000281. The Bertz CT molecular complexity index is 1250. The van der Waals surface area contributed by atoms with Crippen LogP contribution in [0.25, 0.3) is 6.08 Å². The van der Waals surface area contributed by atoms with Gasteiger partial charge in [0.25, 0.3) is 0 Å². The molecule has 0 aliphatic rings. The highest BCUT2D eigenvalue weighted by Gasteiger charge is 1.99. The summed E-state index contributed by atoms with van der Waals surface area (Å²) >= 11 is 0. The van der Waals surface area contributed by atoms with E-state index in [1.807, 2.05) is 73.8 Å². The van der Waals surface area contributed by atoms with Gasteiger partial charge in [0, 0.05) is 11.8 Å². The highest BCUT2D eigenvalue weighted by molar-refractivity contribution is 6.01. The third-order valence-corrected chi connectivity index (χ3v) is 6.33. The Morgan fingerprint density at radius 3 is 1.93 bits per heavy atom. The highest BCUT2D eigenvalue weighted by Crippen LogP contribution is 2.15. The van der Waals surface area contributed by atoms with Crippen molar-refractivity contribution < 1.29 is 9.53 Å². The number of rotatable bonds is 13. The first-order chi connectivity index (χ1) is 19.7. The standard InChI is InChI=1S/C19H21NO.C17H21NO.CH4/c1-2-3-7-17-10-13-18(14-11-17)20-19(21)15-12-16-8-5-4-6-9-16;1-18-13-5-8-15-9-11-17(12-10-15)19-14-16-6-3-2-4-7-16;/h4-6,8-15H,2-3,7H2,1H3,(H,20,21);2-4,6-7,9-12,18H,5,8,13-14H2,1H3;1H4/b15-12+;;. The summed E-state index contributed by atoms with van der Waals surface area (Å²) in [4.78, 5) is 11.8. The molecule has 4 heteroatoms. The van der Waals surface area contributed by atoms with Crippen LogP contribution in [-0.2, 0) is 24.2 Å². The lowest BCUT2D eigenvalue weighted by Crippen LogP contribution is -2.08. The molecular weight excluding hydrogens is 504 g/mol. The lowest BCUT2D eigenvalue weighted by molar-refractivity contribution is -0.111. The summed E-state index contributed by atoms with van der Waals surface area (Å²) in [5.74, 6) is 0.821. The van der Waals surface area contributed by atoms with E-state index in [2.05, 4.69) is 66.1 Å². The van der Waals surface area contributed by atoms with Crippen molar-refractivity contribution >= 4 is 17.7 Å². The molecule has 216 valence electrons. The normalized spacial score (nSPS) is 10.3. The molecule has 0 saturated carbocycles. The fraction of sp³-hybridized carbons (Fsp3) is 0.270. The minimum Gasteiger partial charge on any atom is -0.489 e. The minimum atomic E-state index is -0.111. The summed E-state index contributed by atoms with van der Waals surface area (Å²) in [6.45, 7) is 3.87. The molecular formula is C37H46N2O2. The Kier molecular flexibility index (Phi) is 16.0. The average molecular weight is 551 g/mol. The van der Waals surface area contributed by atoms with E-state index in [0.29, 0.717) is 6.61 Å². The van der Waals surface area contributed by atoms with E-state index in [9.17, 15) is 4.79 Å². The summed E-state index contributed by atoms with van der Waals surface area (Å²) in [6, 6.07) is 36.5. The van der Waals surface area contributed by atoms with E-state index in [4.69, 9.17) is 4.74 Å². The van der Waals surface area contributed by atoms with Crippen LogP contribution in [-0.4, -0.2) is 19.5 Å². The summed E-state index contributed by atoms with van der Waals surface area (Å²) in [7, 11) is 1.99. The van der Waals surface area contributed by atoms with E-state index in [1.165, 1.54) is 36.0 Å². The fourth-order valence-corrected chi connectivity index (χ4v) is 4.02. The number of hydrogen-bond acceptors (Lipinski definition) is 3. The molecule has 4 aromatic rings. The first-order valence-corrected chi connectivity index (χ1v) is 14.2. The molecule has 2 N–H and O–H groups in total. The van der Waals surface area contributed by atoms with Crippen LogP contribution in [0.1, 0.15) is 55.9 Å². The molecule has 1 amide bonds. The SMILES string of the molecule is C.CCCCc1ccc(NC(=O)/C=C/c2ccccc2)cc1.CNCCCc1ccc(OCc2ccccc2)cc1. The fourth-order valence-electron chi connectivity index (χ4n) is 4.02. The van der Waals surface area contributed by atoms with Crippen LogP contribution in [0.2, 0.25) is 0 Å². The Morgan fingerprint density at radius 1 is 0.732 bits per heavy atom. The quantitative estimate of drug-likeness (QED) is 0.129. The summed E-state index contributed by atoms with van der Waals surface area (Å²) < 4.78 is 5.76. The number of ether oxygens (including phenoxy) is 1. The second-order valence-electron chi connectivity index (χ2n) is 9.66. The first kappa shape index (κ1) is 33.1. The molecule has 0 aliphatic heterocycles. The minimum absolute atomic E-state index is 0. The molecule has 0 aliphatic carbocycles.